The molecule has 0 saturated heterocycles. The number of nitrogens with zero attached hydrogens (tertiary/aromatic N) is 1. The second-order valence-corrected chi connectivity index (χ2v) is 4.29. The largest absolute Gasteiger partial charge is 0.367 e. The van der Waals surface area contributed by atoms with E-state index in [1.54, 1.807) is 6.20 Å². The molecule has 1 aromatic heterocycles. The Morgan fingerprint density at radius 2 is 2.29 bits per heavy atom. The molecule has 1 aliphatic rings. The van der Waals surface area contributed by atoms with Crippen LogP contribution in [0.15, 0.2) is 18.3 Å². The average Bonchev–Trinajstić information content (AvgIpc) is 3.13. The highest BCUT2D eigenvalue weighted by Gasteiger charge is 2.20. The summed E-state index contributed by atoms with van der Waals surface area (Å²) in [6, 6.07) is 4.34. The molecule has 92 valence electrons. The lowest BCUT2D eigenvalue weighted by Gasteiger charge is -2.06. The molecule has 0 aromatic carbocycles. The van der Waals surface area contributed by atoms with Crippen LogP contribution in [0.2, 0.25) is 0 Å². The molecule has 4 N–H and O–H groups in total. The smallest absolute Gasteiger partial charge is 0.224 e. The molecule has 5 nitrogen and oxygen atoms in total. The third-order valence-corrected chi connectivity index (χ3v) is 2.58. The van der Waals surface area contributed by atoms with Crippen LogP contribution < -0.4 is 16.4 Å². The SMILES string of the molecule is NCCCC(=O)Nc1ccc(NC2CC2)nc1. The maximum Gasteiger partial charge on any atom is 0.224 e. The normalized spacial score (nSPS) is 14.4. The van der Waals surface area contributed by atoms with Crippen LogP contribution in [0.1, 0.15) is 25.7 Å². The van der Waals surface area contributed by atoms with Gasteiger partial charge in [0.05, 0.1) is 11.9 Å². The Morgan fingerprint density at radius 3 is 2.88 bits per heavy atom. The quantitative estimate of drug-likeness (QED) is 0.693. The Labute approximate surface area is 101 Å². The van der Waals surface area contributed by atoms with E-state index in [0.29, 0.717) is 25.4 Å². The molecule has 1 aliphatic carbocycles. The van der Waals surface area contributed by atoms with Crippen molar-refractivity contribution < 1.29 is 4.79 Å². The first-order chi connectivity index (χ1) is 8.28. The first kappa shape index (κ1) is 11.9. The van der Waals surface area contributed by atoms with Gasteiger partial charge < -0.3 is 16.4 Å². The summed E-state index contributed by atoms with van der Waals surface area (Å²) in [7, 11) is 0. The maximum absolute atomic E-state index is 11.4. The van der Waals surface area contributed by atoms with E-state index in [1.165, 1.54) is 12.8 Å². The van der Waals surface area contributed by atoms with Gasteiger partial charge in [-0.3, -0.25) is 4.79 Å². The Balaban J connectivity index is 1.82. The van der Waals surface area contributed by atoms with Crippen LogP contribution >= 0.6 is 0 Å². The summed E-state index contributed by atoms with van der Waals surface area (Å²) >= 11 is 0. The van der Waals surface area contributed by atoms with E-state index < -0.39 is 0 Å². The molecule has 17 heavy (non-hydrogen) atoms. The highest BCUT2D eigenvalue weighted by molar-refractivity contribution is 5.90. The fraction of sp³-hybridized carbons (Fsp3) is 0.500. The van der Waals surface area contributed by atoms with E-state index in [2.05, 4.69) is 15.6 Å². The number of amides is 1. The molecular weight excluding hydrogens is 216 g/mol. The average molecular weight is 234 g/mol. The number of carbonyl (C=O) groups is 1. The van der Waals surface area contributed by atoms with Gasteiger partial charge in [0.25, 0.3) is 0 Å². The van der Waals surface area contributed by atoms with Gasteiger partial charge in [0.1, 0.15) is 5.82 Å². The number of nitrogens with two attached hydrogens (primary N) is 1. The lowest BCUT2D eigenvalue weighted by molar-refractivity contribution is -0.116. The van der Waals surface area contributed by atoms with Crippen LogP contribution in [0.4, 0.5) is 11.5 Å². The van der Waals surface area contributed by atoms with Crippen LogP contribution in [-0.2, 0) is 4.79 Å². The third kappa shape index (κ3) is 4.03. The van der Waals surface area contributed by atoms with Gasteiger partial charge in [0, 0.05) is 12.5 Å². The van der Waals surface area contributed by atoms with Crippen LogP contribution in [0.5, 0.6) is 0 Å². The van der Waals surface area contributed by atoms with Crippen molar-refractivity contribution in [3.8, 4) is 0 Å². The molecule has 0 aliphatic heterocycles. The number of hydrogen-bond acceptors (Lipinski definition) is 4. The van der Waals surface area contributed by atoms with Crippen LogP contribution in [0.3, 0.4) is 0 Å². The van der Waals surface area contributed by atoms with Gasteiger partial charge in [-0.25, -0.2) is 4.98 Å². The monoisotopic (exact) mass is 234 g/mol. The number of pyridine rings is 1. The predicted octanol–water partition coefficient (Wildman–Crippen LogP) is 1.33. The highest BCUT2D eigenvalue weighted by Crippen LogP contribution is 2.23. The van der Waals surface area contributed by atoms with Gasteiger partial charge in [0.2, 0.25) is 5.91 Å². The fourth-order valence-corrected chi connectivity index (χ4v) is 1.48. The zero-order chi connectivity index (χ0) is 12.1. The van der Waals surface area contributed by atoms with Crippen molar-refractivity contribution in [3.05, 3.63) is 18.3 Å². The summed E-state index contributed by atoms with van der Waals surface area (Å²) in [6.45, 7) is 0.538. The lowest BCUT2D eigenvalue weighted by Crippen LogP contribution is -2.13. The van der Waals surface area contributed by atoms with Crippen molar-refractivity contribution in [2.45, 2.75) is 31.7 Å². The fourth-order valence-electron chi connectivity index (χ4n) is 1.48. The number of anilines is 2. The van der Waals surface area contributed by atoms with Crippen molar-refractivity contribution >= 4 is 17.4 Å². The van der Waals surface area contributed by atoms with E-state index in [4.69, 9.17) is 5.73 Å². The second kappa shape index (κ2) is 5.63. The maximum atomic E-state index is 11.4. The standard InChI is InChI=1S/C12H18N4O/c13-7-1-2-12(17)16-10-5-6-11(14-8-10)15-9-3-4-9/h5-6,8-9H,1-4,7,13H2,(H,14,15)(H,16,17). The van der Waals surface area contributed by atoms with Gasteiger partial charge in [-0.05, 0) is 37.9 Å². The first-order valence-electron chi connectivity index (χ1n) is 6.00. The summed E-state index contributed by atoms with van der Waals surface area (Å²) in [6.07, 6.45) is 5.28. The van der Waals surface area contributed by atoms with Crippen LogP contribution in [-0.4, -0.2) is 23.5 Å². The minimum absolute atomic E-state index is 0.0137. The Morgan fingerprint density at radius 1 is 1.47 bits per heavy atom. The zero-order valence-electron chi connectivity index (χ0n) is 9.78. The molecule has 0 atom stereocenters. The van der Waals surface area contributed by atoms with Gasteiger partial charge >= 0.3 is 0 Å². The topological polar surface area (TPSA) is 80.0 Å². The molecule has 1 amide bonds. The molecule has 0 unspecified atom stereocenters. The molecule has 1 fully saturated rings. The molecule has 1 saturated carbocycles. The third-order valence-electron chi connectivity index (χ3n) is 2.58. The van der Waals surface area contributed by atoms with E-state index in [9.17, 15) is 4.79 Å². The minimum Gasteiger partial charge on any atom is -0.367 e. The number of carbonyl (C=O) groups excluding carboxylic acids is 1. The number of nitrogens with one attached hydrogen (secondary N) is 2. The molecule has 0 bridgehead atoms. The van der Waals surface area contributed by atoms with Crippen molar-refractivity contribution in [2.24, 2.45) is 5.73 Å². The van der Waals surface area contributed by atoms with Crippen LogP contribution in [0, 0.1) is 0 Å². The molecule has 5 heteroatoms. The Bertz CT molecular complexity index is 373. The Kier molecular flexibility index (Phi) is 3.93. The number of aromatic nitrogens is 1. The van der Waals surface area contributed by atoms with Gasteiger partial charge in [-0.2, -0.15) is 0 Å². The number of hydrogen-bond donors (Lipinski definition) is 3. The van der Waals surface area contributed by atoms with E-state index in [-0.39, 0.29) is 5.91 Å². The molecule has 1 heterocycles. The molecule has 0 spiro atoms. The summed E-state index contributed by atoms with van der Waals surface area (Å²) in [5.41, 5.74) is 6.07. The lowest BCUT2D eigenvalue weighted by atomic mass is 10.3. The summed E-state index contributed by atoms with van der Waals surface area (Å²) in [5, 5.41) is 6.08. The molecule has 1 aromatic rings. The zero-order valence-corrected chi connectivity index (χ0v) is 9.78. The van der Waals surface area contributed by atoms with Crippen molar-refractivity contribution in [1.82, 2.24) is 4.98 Å². The molecular formula is C12H18N4O. The van der Waals surface area contributed by atoms with Crippen LogP contribution in [0.25, 0.3) is 0 Å². The summed E-state index contributed by atoms with van der Waals surface area (Å²) in [5.74, 6) is 0.854. The van der Waals surface area contributed by atoms with Crippen molar-refractivity contribution in [3.63, 3.8) is 0 Å². The predicted molar refractivity (Wildman–Crippen MR) is 67.8 cm³/mol. The van der Waals surface area contributed by atoms with Gasteiger partial charge in [0.15, 0.2) is 0 Å². The minimum atomic E-state index is -0.0137. The first-order valence-corrected chi connectivity index (χ1v) is 6.00. The van der Waals surface area contributed by atoms with Gasteiger partial charge in [-0.15, -0.1) is 0 Å². The summed E-state index contributed by atoms with van der Waals surface area (Å²) < 4.78 is 0. The van der Waals surface area contributed by atoms with Crippen molar-refractivity contribution in [2.75, 3.05) is 17.2 Å². The summed E-state index contributed by atoms with van der Waals surface area (Å²) in [4.78, 5) is 15.7. The van der Waals surface area contributed by atoms with E-state index >= 15 is 0 Å². The molecule has 2 rings (SSSR count). The Hall–Kier alpha value is -1.62. The number of rotatable bonds is 6. The second-order valence-electron chi connectivity index (χ2n) is 4.29. The van der Waals surface area contributed by atoms with E-state index in [1.807, 2.05) is 12.1 Å². The highest BCUT2D eigenvalue weighted by atomic mass is 16.1. The van der Waals surface area contributed by atoms with Crippen molar-refractivity contribution in [1.29, 1.82) is 0 Å². The molecule has 0 radical (unpaired) electrons. The van der Waals surface area contributed by atoms with Gasteiger partial charge in [-0.1, -0.05) is 0 Å². The van der Waals surface area contributed by atoms with E-state index in [0.717, 1.165) is 11.5 Å².